The van der Waals surface area contributed by atoms with Gasteiger partial charge >= 0.3 is 11.4 Å². The molecule has 2 nitrogen and oxygen atoms in total. The molecule has 1 rings (SSSR count). The lowest BCUT2D eigenvalue weighted by Crippen LogP contribution is -2.65. The van der Waals surface area contributed by atoms with Crippen LogP contribution in [0.3, 0.4) is 0 Å². The number of nitrogens with one attached hydrogen (secondary N) is 1. The Morgan fingerprint density at radius 2 is 1.75 bits per heavy atom. The monoisotopic (exact) mass is 147 g/mol. The first-order chi connectivity index (χ1) is 3.46. The van der Waals surface area contributed by atoms with Crippen molar-refractivity contribution >= 4 is 11.6 Å². The predicted octanol–water partition coefficient (Wildman–Crippen LogP) is 0.976. The lowest BCUT2D eigenvalue weighted by Gasteiger charge is -2.36. The van der Waals surface area contributed by atoms with Crippen LogP contribution in [-0.2, 0) is 4.84 Å². The van der Waals surface area contributed by atoms with Crippen LogP contribution in [-0.4, -0.2) is 11.4 Å². The van der Waals surface area contributed by atoms with Crippen LogP contribution in [0, 0.1) is 0 Å². The number of hydroxylamine groups is 1. The van der Waals surface area contributed by atoms with Gasteiger partial charge in [-0.15, -0.1) is 5.48 Å². The third kappa shape index (κ3) is 0.586. The van der Waals surface area contributed by atoms with Crippen molar-refractivity contribution < 1.29 is 18.0 Å². The Balaban J connectivity index is 2.63. The highest BCUT2D eigenvalue weighted by Gasteiger charge is 2.65. The van der Waals surface area contributed by atoms with Gasteiger partial charge in [0.25, 0.3) is 0 Å². The normalized spacial score (nSPS) is 43.5. The summed E-state index contributed by atoms with van der Waals surface area (Å²) in [7, 11) is 0. The van der Waals surface area contributed by atoms with E-state index in [-0.39, 0.29) is 0 Å². The molecule has 1 aliphatic heterocycles. The quantitative estimate of drug-likeness (QED) is 0.407. The third-order valence-electron chi connectivity index (χ3n) is 0.673. The van der Waals surface area contributed by atoms with Crippen molar-refractivity contribution in [2.45, 2.75) is 11.4 Å². The molecular formula is C2HClF3NO. The third-order valence-corrected chi connectivity index (χ3v) is 0.987. The molecule has 0 aromatic rings. The van der Waals surface area contributed by atoms with Crippen LogP contribution in [0.5, 0.6) is 0 Å². The molecule has 6 heteroatoms. The Morgan fingerprint density at radius 1 is 1.38 bits per heavy atom. The number of alkyl halides is 4. The Labute approximate surface area is 47.5 Å². The Bertz CT molecular complexity index is 102. The van der Waals surface area contributed by atoms with Crippen molar-refractivity contribution in [3.05, 3.63) is 0 Å². The largest absolute Gasteiger partial charge is 0.398 e. The van der Waals surface area contributed by atoms with Gasteiger partial charge in [0.15, 0.2) is 0 Å². The summed E-state index contributed by atoms with van der Waals surface area (Å²) in [5.74, 6) is 0. The molecule has 0 spiro atoms. The van der Waals surface area contributed by atoms with Crippen molar-refractivity contribution in [3.8, 4) is 0 Å². The van der Waals surface area contributed by atoms with Crippen LogP contribution in [0.4, 0.5) is 13.2 Å². The van der Waals surface area contributed by atoms with Gasteiger partial charge in [-0.1, -0.05) is 0 Å². The summed E-state index contributed by atoms with van der Waals surface area (Å²) in [6, 6.07) is -3.76. The fourth-order valence-corrected chi connectivity index (χ4v) is 0.282. The maximum Gasteiger partial charge on any atom is 0.398 e. The van der Waals surface area contributed by atoms with Gasteiger partial charge in [-0.2, -0.15) is 13.2 Å². The van der Waals surface area contributed by atoms with Gasteiger partial charge in [0.05, 0.1) is 0 Å². The highest BCUT2D eigenvalue weighted by molar-refractivity contribution is 6.22. The number of hydrogen-bond acceptors (Lipinski definition) is 2. The summed E-state index contributed by atoms with van der Waals surface area (Å²) in [5.41, 5.74) is 1.03. The number of halogens is 4. The molecule has 1 aliphatic rings. The molecule has 1 atom stereocenters. The predicted molar refractivity (Wildman–Crippen MR) is 18.9 cm³/mol. The van der Waals surface area contributed by atoms with Gasteiger partial charge in [-0.3, -0.25) is 0 Å². The van der Waals surface area contributed by atoms with Crippen LogP contribution in [0.15, 0.2) is 0 Å². The molecule has 0 bridgehead atoms. The molecule has 0 aromatic carbocycles. The molecule has 1 saturated heterocycles. The second kappa shape index (κ2) is 1.29. The van der Waals surface area contributed by atoms with Crippen LogP contribution >= 0.6 is 11.6 Å². The molecule has 0 saturated carbocycles. The Morgan fingerprint density at radius 3 is 1.75 bits per heavy atom. The fraction of sp³-hybridized carbons (Fsp3) is 1.00. The van der Waals surface area contributed by atoms with E-state index in [2.05, 4.69) is 16.4 Å². The number of hydrogen-bond donors (Lipinski definition) is 1. The van der Waals surface area contributed by atoms with E-state index >= 15 is 0 Å². The zero-order valence-electron chi connectivity index (χ0n) is 3.42. The van der Waals surface area contributed by atoms with Crippen molar-refractivity contribution in [1.29, 1.82) is 0 Å². The minimum absolute atomic E-state index is 1.03. The van der Waals surface area contributed by atoms with E-state index in [1.165, 1.54) is 0 Å². The van der Waals surface area contributed by atoms with E-state index in [4.69, 9.17) is 0 Å². The molecule has 0 radical (unpaired) electrons. The van der Waals surface area contributed by atoms with Gasteiger partial charge in [-0.05, 0) is 11.6 Å². The van der Waals surface area contributed by atoms with E-state index in [0.29, 0.717) is 0 Å². The fourth-order valence-electron chi connectivity index (χ4n) is 0.205. The Hall–Kier alpha value is -0.0000000000000000555. The van der Waals surface area contributed by atoms with E-state index in [0.717, 1.165) is 5.48 Å². The van der Waals surface area contributed by atoms with Crippen molar-refractivity contribution in [3.63, 3.8) is 0 Å². The minimum Gasteiger partial charge on any atom is -0.234 e. The van der Waals surface area contributed by atoms with Gasteiger partial charge in [0.1, 0.15) is 0 Å². The standard InChI is InChI=1S/C2HClF3NO/c3-1(4)2(5,6)7-8-1/h7H. The molecule has 0 amide bonds. The van der Waals surface area contributed by atoms with Gasteiger partial charge in [0, 0.05) is 0 Å². The van der Waals surface area contributed by atoms with Crippen molar-refractivity contribution in [2.24, 2.45) is 0 Å². The second-order valence-corrected chi connectivity index (χ2v) is 1.78. The zero-order valence-corrected chi connectivity index (χ0v) is 4.18. The summed E-state index contributed by atoms with van der Waals surface area (Å²) >= 11 is 4.39. The van der Waals surface area contributed by atoms with Gasteiger partial charge in [-0.25, -0.2) is 4.84 Å². The summed E-state index contributed by atoms with van der Waals surface area (Å²) in [6.45, 7) is 0. The molecule has 1 fully saturated rings. The van der Waals surface area contributed by atoms with Crippen LogP contribution in [0.2, 0.25) is 0 Å². The van der Waals surface area contributed by atoms with Gasteiger partial charge < -0.3 is 0 Å². The topological polar surface area (TPSA) is 21.3 Å². The maximum atomic E-state index is 11.7. The first-order valence-electron chi connectivity index (χ1n) is 1.66. The molecular weight excluding hydrogens is 146 g/mol. The molecule has 1 unspecified atom stereocenters. The molecule has 48 valence electrons. The van der Waals surface area contributed by atoms with E-state index in [9.17, 15) is 13.2 Å². The summed E-state index contributed by atoms with van der Waals surface area (Å²) in [6.07, 6.45) is 0. The summed E-state index contributed by atoms with van der Waals surface area (Å²) in [5, 5.41) is -3.35. The van der Waals surface area contributed by atoms with Crippen LogP contribution < -0.4 is 5.48 Å². The molecule has 1 N–H and O–H groups in total. The Kier molecular flexibility index (Phi) is 0.984. The zero-order chi connectivity index (χ0) is 6.41. The first-order valence-corrected chi connectivity index (χ1v) is 2.04. The van der Waals surface area contributed by atoms with E-state index in [1.807, 2.05) is 0 Å². The molecule has 0 aliphatic carbocycles. The van der Waals surface area contributed by atoms with Crippen molar-refractivity contribution in [2.75, 3.05) is 0 Å². The second-order valence-electron chi connectivity index (χ2n) is 1.30. The molecule has 8 heavy (non-hydrogen) atoms. The van der Waals surface area contributed by atoms with E-state index < -0.39 is 11.4 Å². The maximum absolute atomic E-state index is 11.7. The minimum atomic E-state index is -3.76. The first kappa shape index (κ1) is 6.12. The van der Waals surface area contributed by atoms with Crippen LogP contribution in [0.1, 0.15) is 0 Å². The lowest BCUT2D eigenvalue weighted by molar-refractivity contribution is -0.405. The average Bonchev–Trinajstić information content (AvgIpc) is 1.64. The highest BCUT2D eigenvalue weighted by Crippen LogP contribution is 2.41. The number of rotatable bonds is 0. The van der Waals surface area contributed by atoms with Crippen molar-refractivity contribution in [1.82, 2.24) is 5.48 Å². The SMILES string of the molecule is FC1(F)NOC1(F)Cl. The molecule has 0 aromatic heterocycles. The summed E-state index contributed by atoms with van der Waals surface area (Å²) in [4.78, 5) is 3.43. The van der Waals surface area contributed by atoms with Crippen LogP contribution in [0.25, 0.3) is 0 Å². The average molecular weight is 147 g/mol. The lowest BCUT2D eigenvalue weighted by atomic mass is 10.5. The summed E-state index contributed by atoms with van der Waals surface area (Å²) < 4.78 is 34.9. The van der Waals surface area contributed by atoms with Gasteiger partial charge in [0.2, 0.25) is 0 Å². The highest BCUT2D eigenvalue weighted by atomic mass is 35.5. The smallest absolute Gasteiger partial charge is 0.234 e. The van der Waals surface area contributed by atoms with E-state index in [1.54, 1.807) is 0 Å². The molecule has 1 heterocycles.